The molecule has 1 aliphatic carbocycles. The van der Waals surface area contributed by atoms with Gasteiger partial charge in [0.05, 0.1) is 17.9 Å². The fourth-order valence-electron chi connectivity index (χ4n) is 4.55. The minimum atomic E-state index is -0.688. The predicted octanol–water partition coefficient (Wildman–Crippen LogP) is 3.65. The average molecular weight is 450 g/mol. The molecule has 2 atom stereocenters. The van der Waals surface area contributed by atoms with Crippen molar-refractivity contribution in [2.45, 2.75) is 51.2 Å². The maximum atomic E-state index is 13.2. The van der Waals surface area contributed by atoms with Gasteiger partial charge in [0, 0.05) is 38.3 Å². The maximum Gasteiger partial charge on any atom is 0.252 e. The normalized spacial score (nSPS) is 21.2. The maximum absolute atomic E-state index is 13.2. The van der Waals surface area contributed by atoms with Crippen molar-refractivity contribution in [3.05, 3.63) is 59.3 Å². The highest BCUT2D eigenvalue weighted by atomic mass is 19.1. The van der Waals surface area contributed by atoms with Crippen LogP contribution in [0, 0.1) is 12.7 Å². The minimum Gasteiger partial charge on any atom is -0.350 e. The largest absolute Gasteiger partial charge is 0.350 e. The van der Waals surface area contributed by atoms with Crippen LogP contribution in [0.2, 0.25) is 0 Å². The van der Waals surface area contributed by atoms with E-state index in [9.17, 15) is 9.18 Å². The molecule has 172 valence electrons. The molecular weight excluding hydrogens is 421 g/mol. The third-order valence-electron chi connectivity index (χ3n) is 6.86. The number of nitrogens with zero attached hydrogens (tertiary/aromatic N) is 6. The number of aromatic nitrogens is 4. The van der Waals surface area contributed by atoms with Gasteiger partial charge in [0.15, 0.2) is 5.82 Å². The van der Waals surface area contributed by atoms with E-state index in [4.69, 9.17) is 4.98 Å². The van der Waals surface area contributed by atoms with Crippen molar-refractivity contribution >= 4 is 23.4 Å². The number of halogens is 1. The zero-order chi connectivity index (χ0) is 23.5. The number of benzene rings is 1. The van der Waals surface area contributed by atoms with Crippen LogP contribution in [0.5, 0.6) is 0 Å². The van der Waals surface area contributed by atoms with E-state index < -0.39 is 5.54 Å². The fourth-order valence-corrected chi connectivity index (χ4v) is 4.55. The van der Waals surface area contributed by atoms with Gasteiger partial charge in [0.2, 0.25) is 5.95 Å². The number of carbonyl (C=O) groups excluding carboxylic acids is 1. The van der Waals surface area contributed by atoms with Gasteiger partial charge in [-0.25, -0.2) is 9.37 Å². The molecule has 33 heavy (non-hydrogen) atoms. The monoisotopic (exact) mass is 449 g/mol. The molecule has 5 rings (SSSR count). The zero-order valence-corrected chi connectivity index (χ0v) is 19.5. The van der Waals surface area contributed by atoms with Crippen LogP contribution >= 0.6 is 0 Å². The molecule has 3 heterocycles. The van der Waals surface area contributed by atoms with E-state index in [2.05, 4.69) is 15.4 Å². The summed E-state index contributed by atoms with van der Waals surface area (Å²) in [6, 6.07) is 7.03. The summed E-state index contributed by atoms with van der Waals surface area (Å²) in [7, 11) is 3.65. The van der Waals surface area contributed by atoms with Gasteiger partial charge >= 0.3 is 0 Å². The minimum absolute atomic E-state index is 0.0105. The second-order valence-corrected chi connectivity index (χ2v) is 9.43. The molecule has 9 heteroatoms. The van der Waals surface area contributed by atoms with Gasteiger partial charge in [-0.05, 0) is 44.9 Å². The molecule has 1 saturated carbocycles. The lowest BCUT2D eigenvalue weighted by Gasteiger charge is -2.44. The molecule has 0 spiro atoms. The number of carbonyl (C=O) groups is 1. The van der Waals surface area contributed by atoms with Crippen LogP contribution in [0.25, 0.3) is 0 Å². The Morgan fingerprint density at radius 3 is 2.64 bits per heavy atom. The topological polar surface area (TPSA) is 79.2 Å². The quantitative estimate of drug-likeness (QED) is 0.641. The standard InChI is InChI=1S/C24H28FN7O/c1-14-20-21(31(5)24(2,3)22(33)30(20)4)29-23(28-14)26-11-15-12-27-32(13-15)19-10-18(19)16-6-8-17(25)9-7-16/h6-9,12-13,18-19H,10-11H2,1-5H3,(H,26,28,29)/t18-,19-/m1/s1. The van der Waals surface area contributed by atoms with Gasteiger partial charge in [-0.2, -0.15) is 10.1 Å². The Balaban J connectivity index is 1.29. The summed E-state index contributed by atoms with van der Waals surface area (Å²) in [6.07, 6.45) is 4.88. The number of rotatable bonds is 5. The Bertz CT molecular complexity index is 1220. The van der Waals surface area contributed by atoms with Crippen molar-refractivity contribution in [3.63, 3.8) is 0 Å². The van der Waals surface area contributed by atoms with Crippen LogP contribution in [-0.2, 0) is 11.3 Å². The molecule has 0 radical (unpaired) electrons. The van der Waals surface area contributed by atoms with E-state index in [0.717, 1.165) is 34.7 Å². The van der Waals surface area contributed by atoms with Crippen molar-refractivity contribution in [2.75, 3.05) is 29.2 Å². The van der Waals surface area contributed by atoms with Gasteiger partial charge in [-0.15, -0.1) is 0 Å². The molecule has 1 fully saturated rings. The second kappa shape index (κ2) is 7.54. The molecule has 2 aromatic heterocycles. The van der Waals surface area contributed by atoms with Crippen molar-refractivity contribution < 1.29 is 9.18 Å². The fraction of sp³-hybridized carbons (Fsp3) is 0.417. The highest BCUT2D eigenvalue weighted by Gasteiger charge is 2.43. The Morgan fingerprint density at radius 2 is 1.91 bits per heavy atom. The zero-order valence-electron chi connectivity index (χ0n) is 19.5. The van der Waals surface area contributed by atoms with Gasteiger partial charge in [0.1, 0.15) is 17.0 Å². The third kappa shape index (κ3) is 3.61. The molecule has 2 aliphatic rings. The molecule has 1 aliphatic heterocycles. The lowest BCUT2D eigenvalue weighted by atomic mass is 9.97. The summed E-state index contributed by atoms with van der Waals surface area (Å²) < 4.78 is 15.2. The van der Waals surface area contributed by atoms with E-state index in [0.29, 0.717) is 24.5 Å². The number of nitrogens with one attached hydrogen (secondary N) is 1. The number of hydrogen-bond donors (Lipinski definition) is 1. The lowest BCUT2D eigenvalue weighted by Crippen LogP contribution is -2.58. The van der Waals surface area contributed by atoms with Crippen molar-refractivity contribution in [1.82, 2.24) is 19.7 Å². The highest BCUT2D eigenvalue weighted by Crippen LogP contribution is 2.51. The number of likely N-dealkylation sites (N-methyl/N-ethyl adjacent to an activating group) is 2. The summed E-state index contributed by atoms with van der Waals surface area (Å²) in [5.74, 6) is 1.41. The third-order valence-corrected chi connectivity index (χ3v) is 6.86. The number of fused-ring (bicyclic) bond motifs is 1. The predicted molar refractivity (Wildman–Crippen MR) is 125 cm³/mol. The van der Waals surface area contributed by atoms with Crippen LogP contribution in [0.15, 0.2) is 36.7 Å². The van der Waals surface area contributed by atoms with E-state index in [-0.39, 0.29) is 11.7 Å². The Kier molecular flexibility index (Phi) is 4.88. The molecule has 1 amide bonds. The Hall–Kier alpha value is -3.49. The molecule has 0 unspecified atom stereocenters. The van der Waals surface area contributed by atoms with Crippen molar-refractivity contribution in [1.29, 1.82) is 0 Å². The van der Waals surface area contributed by atoms with Crippen LogP contribution < -0.4 is 15.1 Å². The smallest absolute Gasteiger partial charge is 0.252 e. The lowest BCUT2D eigenvalue weighted by molar-refractivity contribution is -0.122. The SMILES string of the molecule is Cc1nc(NCc2cnn([C@@H]3C[C@@H]3c3ccc(F)cc3)c2)nc2c1N(C)C(=O)C(C)(C)N2C. The van der Waals surface area contributed by atoms with Crippen molar-refractivity contribution in [2.24, 2.45) is 0 Å². The summed E-state index contributed by atoms with van der Waals surface area (Å²) in [5, 5.41) is 7.83. The molecule has 1 aromatic carbocycles. The highest BCUT2D eigenvalue weighted by molar-refractivity contribution is 6.07. The van der Waals surface area contributed by atoms with Gasteiger partial charge < -0.3 is 15.1 Å². The van der Waals surface area contributed by atoms with Gasteiger partial charge in [0.25, 0.3) is 5.91 Å². The number of anilines is 3. The van der Waals surface area contributed by atoms with Gasteiger partial charge in [-0.1, -0.05) is 12.1 Å². The molecule has 8 nitrogen and oxygen atoms in total. The van der Waals surface area contributed by atoms with E-state index in [1.807, 2.05) is 61.9 Å². The van der Waals surface area contributed by atoms with Crippen LogP contribution in [0.3, 0.4) is 0 Å². The second-order valence-electron chi connectivity index (χ2n) is 9.43. The molecular formula is C24H28FN7O. The van der Waals surface area contributed by atoms with Gasteiger partial charge in [-0.3, -0.25) is 9.48 Å². The van der Waals surface area contributed by atoms with Crippen molar-refractivity contribution in [3.8, 4) is 0 Å². The number of amides is 1. The average Bonchev–Trinajstić information content (AvgIpc) is 3.44. The molecule has 0 saturated heterocycles. The molecule has 1 N–H and O–H groups in total. The van der Waals surface area contributed by atoms with Crippen LogP contribution in [0.4, 0.5) is 21.8 Å². The van der Waals surface area contributed by atoms with Crippen LogP contribution in [-0.4, -0.2) is 45.3 Å². The first kappa shape index (κ1) is 21.4. The molecule has 0 bridgehead atoms. The first-order valence-corrected chi connectivity index (χ1v) is 11.1. The Labute approximate surface area is 192 Å². The Morgan fingerprint density at radius 1 is 1.18 bits per heavy atom. The van der Waals surface area contributed by atoms with E-state index in [1.165, 1.54) is 12.1 Å². The first-order chi connectivity index (χ1) is 15.7. The van der Waals surface area contributed by atoms with E-state index in [1.54, 1.807) is 11.9 Å². The number of hydrogen-bond acceptors (Lipinski definition) is 6. The summed E-state index contributed by atoms with van der Waals surface area (Å²) in [6.45, 7) is 6.21. The molecule has 3 aromatic rings. The number of aryl methyl sites for hydroxylation is 1. The van der Waals surface area contributed by atoms with E-state index >= 15 is 0 Å². The summed E-state index contributed by atoms with van der Waals surface area (Å²) >= 11 is 0. The van der Waals surface area contributed by atoms with Crippen LogP contribution in [0.1, 0.15) is 49.0 Å². The summed E-state index contributed by atoms with van der Waals surface area (Å²) in [4.78, 5) is 25.6. The summed E-state index contributed by atoms with van der Waals surface area (Å²) in [5.41, 5.74) is 2.97. The first-order valence-electron chi connectivity index (χ1n) is 11.1.